The van der Waals surface area contributed by atoms with Crippen molar-refractivity contribution in [2.24, 2.45) is 0 Å². The van der Waals surface area contributed by atoms with Crippen LogP contribution in [0.15, 0.2) is 12.8 Å². The van der Waals surface area contributed by atoms with Gasteiger partial charge in [0.1, 0.15) is 0 Å². The first-order valence-electron chi connectivity index (χ1n) is 1.41. The van der Waals surface area contributed by atoms with Gasteiger partial charge in [0.25, 0.3) is 0 Å². The van der Waals surface area contributed by atoms with Crippen LogP contribution in [0.25, 0.3) is 0 Å². The minimum absolute atomic E-state index is 0. The van der Waals surface area contributed by atoms with E-state index < -0.39 is 7.82 Å². The van der Waals surface area contributed by atoms with Crippen molar-refractivity contribution in [2.75, 3.05) is 0 Å². The first kappa shape index (κ1) is 12.0. The molecule has 0 radical (unpaired) electrons. The number of phosphoric acid groups is 1. The molecular weight excluding hydrogens is 158 g/mol. The molecule has 0 aliphatic rings. The van der Waals surface area contributed by atoms with Crippen LogP contribution in [0.5, 0.6) is 0 Å². The van der Waals surface area contributed by atoms with Crippen molar-refractivity contribution in [3.63, 3.8) is 0 Å². The van der Waals surface area contributed by atoms with Crippen LogP contribution in [0.4, 0.5) is 0 Å². The number of hydrogen-bond acceptors (Lipinski definition) is 2. The van der Waals surface area contributed by atoms with E-state index in [4.69, 9.17) is 9.79 Å². The fourth-order valence-electron chi connectivity index (χ4n) is 0.0971. The molecular formula is C2H6KO4P. The monoisotopic (exact) mass is 164 g/mol. The third-order valence-electron chi connectivity index (χ3n) is 0.212. The van der Waals surface area contributed by atoms with Gasteiger partial charge in [-0.2, -0.15) is 0 Å². The predicted octanol–water partition coefficient (Wildman–Crippen LogP) is -0.409. The molecule has 0 amide bonds. The molecule has 0 aromatic rings. The summed E-state index contributed by atoms with van der Waals surface area (Å²) in [6.07, 6.45) is 0.695. The summed E-state index contributed by atoms with van der Waals surface area (Å²) < 4.78 is 13.3. The van der Waals surface area contributed by atoms with Gasteiger partial charge in [-0.1, -0.05) is 6.58 Å². The second-order valence-electron chi connectivity index (χ2n) is 0.763. The van der Waals surface area contributed by atoms with Gasteiger partial charge in [0.05, 0.1) is 6.26 Å². The van der Waals surface area contributed by atoms with Crippen molar-refractivity contribution in [2.45, 2.75) is 0 Å². The van der Waals surface area contributed by atoms with Gasteiger partial charge in [0.15, 0.2) is 0 Å². The maximum absolute atomic E-state index is 9.63. The summed E-state index contributed by atoms with van der Waals surface area (Å²) in [7, 11) is -4.28. The van der Waals surface area contributed by atoms with Crippen LogP contribution >= 0.6 is 7.82 Å². The van der Waals surface area contributed by atoms with Crippen LogP contribution in [-0.2, 0) is 9.09 Å². The molecule has 0 saturated carbocycles. The Morgan fingerprint density at radius 3 is 2.00 bits per heavy atom. The van der Waals surface area contributed by atoms with Gasteiger partial charge in [-0.25, -0.2) is 4.57 Å². The number of rotatable bonds is 2. The summed E-state index contributed by atoms with van der Waals surface area (Å²) in [6, 6.07) is 0. The third kappa shape index (κ3) is 10.3. The number of hydrogen-bond donors (Lipinski definition) is 2. The van der Waals surface area contributed by atoms with E-state index in [0.29, 0.717) is 6.26 Å². The fourth-order valence-corrected chi connectivity index (χ4v) is 0.291. The zero-order valence-electron chi connectivity index (χ0n) is 3.44. The van der Waals surface area contributed by atoms with Gasteiger partial charge in [0.2, 0.25) is 0 Å². The van der Waals surface area contributed by atoms with Gasteiger partial charge in [-0.15, -0.1) is 0 Å². The molecule has 4 nitrogen and oxygen atoms in total. The summed E-state index contributed by atoms with van der Waals surface area (Å²) in [6.45, 7) is 2.93. The van der Waals surface area contributed by atoms with E-state index in [0.717, 1.165) is 0 Å². The molecule has 0 unspecified atom stereocenters. The molecule has 0 fully saturated rings. The number of phosphoric ester groups is 1. The fraction of sp³-hybridized carbons (Fsp3) is 0. The normalized spacial score (nSPS) is 9.25. The van der Waals surface area contributed by atoms with E-state index in [2.05, 4.69) is 11.1 Å². The molecule has 44 valence electrons. The van der Waals surface area contributed by atoms with Crippen molar-refractivity contribution in [3.05, 3.63) is 12.8 Å². The molecule has 0 saturated heterocycles. The Bertz CT molecular complexity index is 107. The molecule has 0 atom stereocenters. The van der Waals surface area contributed by atoms with Crippen LogP contribution < -0.4 is 0 Å². The van der Waals surface area contributed by atoms with Gasteiger partial charge < -0.3 is 4.52 Å². The standard InChI is InChI=1S/C2H5O4P.K.H/c1-2-6-7(3,4)5;;/h2H,1H2,(H2,3,4,5);;. The zero-order valence-corrected chi connectivity index (χ0v) is 4.34. The van der Waals surface area contributed by atoms with Crippen LogP contribution in [0.1, 0.15) is 0 Å². The van der Waals surface area contributed by atoms with E-state index in [-0.39, 0.29) is 51.4 Å². The van der Waals surface area contributed by atoms with Crippen molar-refractivity contribution < 1.29 is 18.9 Å². The van der Waals surface area contributed by atoms with Crippen LogP contribution in [0.2, 0.25) is 0 Å². The molecule has 0 spiro atoms. The molecule has 0 heterocycles. The minimum atomic E-state index is -4.28. The molecule has 0 aliphatic carbocycles. The maximum atomic E-state index is 9.63. The average molecular weight is 164 g/mol. The molecule has 2 N–H and O–H groups in total. The second kappa shape index (κ2) is 5.14. The van der Waals surface area contributed by atoms with E-state index >= 15 is 0 Å². The van der Waals surface area contributed by atoms with E-state index in [1.54, 1.807) is 0 Å². The molecule has 6 heteroatoms. The predicted molar refractivity (Wildman–Crippen MR) is 30.5 cm³/mol. The van der Waals surface area contributed by atoms with Gasteiger partial charge >= 0.3 is 59.2 Å². The molecule has 0 aliphatic heterocycles. The Morgan fingerprint density at radius 2 is 2.00 bits per heavy atom. The molecule has 8 heavy (non-hydrogen) atoms. The van der Waals surface area contributed by atoms with Crippen LogP contribution in [-0.4, -0.2) is 61.2 Å². The Hall–Kier alpha value is 1.33. The Morgan fingerprint density at radius 1 is 1.62 bits per heavy atom. The van der Waals surface area contributed by atoms with Crippen molar-refractivity contribution in [1.29, 1.82) is 0 Å². The molecule has 0 aromatic carbocycles. The van der Waals surface area contributed by atoms with Crippen LogP contribution in [0.3, 0.4) is 0 Å². The summed E-state index contributed by atoms with van der Waals surface area (Å²) >= 11 is 0. The topological polar surface area (TPSA) is 66.8 Å². The van der Waals surface area contributed by atoms with Crippen molar-refractivity contribution >= 4 is 59.2 Å². The zero-order chi connectivity index (χ0) is 5.91. The van der Waals surface area contributed by atoms with Crippen molar-refractivity contribution in [3.8, 4) is 0 Å². The average Bonchev–Trinajstić information content (AvgIpc) is 1.30. The van der Waals surface area contributed by atoms with Crippen LogP contribution in [0, 0.1) is 0 Å². The van der Waals surface area contributed by atoms with E-state index in [1.807, 2.05) is 0 Å². The summed E-state index contributed by atoms with van der Waals surface area (Å²) in [5, 5.41) is 0. The summed E-state index contributed by atoms with van der Waals surface area (Å²) in [4.78, 5) is 15.7. The Labute approximate surface area is 89.6 Å². The molecule has 0 bridgehead atoms. The van der Waals surface area contributed by atoms with Gasteiger partial charge in [-0.05, 0) is 0 Å². The molecule has 0 aromatic heterocycles. The first-order chi connectivity index (χ1) is 3.06. The quantitative estimate of drug-likeness (QED) is 0.331. The first-order valence-corrected chi connectivity index (χ1v) is 2.94. The SMILES string of the molecule is C=COP(=O)(O)O.[KH]. The molecule has 0 rings (SSSR count). The van der Waals surface area contributed by atoms with Crippen molar-refractivity contribution in [1.82, 2.24) is 0 Å². The summed E-state index contributed by atoms with van der Waals surface area (Å²) in [5.41, 5.74) is 0. The van der Waals surface area contributed by atoms with Gasteiger partial charge in [0, 0.05) is 0 Å². The van der Waals surface area contributed by atoms with E-state index in [9.17, 15) is 4.57 Å². The third-order valence-corrected chi connectivity index (χ3v) is 0.636. The van der Waals surface area contributed by atoms with E-state index in [1.165, 1.54) is 0 Å². The second-order valence-corrected chi connectivity index (χ2v) is 1.95. The van der Waals surface area contributed by atoms with Gasteiger partial charge in [-0.3, -0.25) is 9.79 Å². The Balaban J connectivity index is 0. The summed E-state index contributed by atoms with van der Waals surface area (Å²) in [5.74, 6) is 0. The Kier molecular flexibility index (Phi) is 7.74.